The highest BCUT2D eigenvalue weighted by atomic mass is 79.9. The smallest absolute Gasteiger partial charge is 0.227 e. The van der Waals surface area contributed by atoms with Crippen molar-refractivity contribution in [1.29, 1.82) is 0 Å². The number of carbonyl (C=O) groups is 1. The zero-order chi connectivity index (χ0) is 13.0. The number of benzene rings is 1. The van der Waals surface area contributed by atoms with Gasteiger partial charge >= 0.3 is 0 Å². The van der Waals surface area contributed by atoms with E-state index < -0.39 is 0 Å². The first-order valence-electron chi connectivity index (χ1n) is 5.56. The minimum atomic E-state index is -0.0205. The van der Waals surface area contributed by atoms with E-state index in [1.165, 1.54) is 0 Å². The highest BCUT2D eigenvalue weighted by Gasteiger charge is 2.12. The molecule has 0 saturated heterocycles. The van der Waals surface area contributed by atoms with Gasteiger partial charge in [0.2, 0.25) is 12.3 Å². The van der Waals surface area contributed by atoms with Gasteiger partial charge in [-0.3, -0.25) is 4.79 Å². The SMILES string of the molecule is O=C(C[n+]1cccc(CO)c1)c1ccc(Br)cc1. The fraction of sp³-hybridized carbons (Fsp3) is 0.143. The van der Waals surface area contributed by atoms with Gasteiger partial charge in [0.25, 0.3) is 0 Å². The molecule has 3 nitrogen and oxygen atoms in total. The maximum Gasteiger partial charge on any atom is 0.227 e. The van der Waals surface area contributed by atoms with Crippen LogP contribution in [-0.2, 0) is 13.2 Å². The Morgan fingerprint density at radius 2 is 1.94 bits per heavy atom. The Hall–Kier alpha value is -1.52. The molecule has 0 spiro atoms. The quantitative estimate of drug-likeness (QED) is 0.694. The molecule has 0 bridgehead atoms. The number of aliphatic hydroxyl groups is 1. The van der Waals surface area contributed by atoms with E-state index in [9.17, 15) is 4.79 Å². The van der Waals surface area contributed by atoms with E-state index in [-0.39, 0.29) is 18.9 Å². The molecule has 0 unspecified atom stereocenters. The van der Waals surface area contributed by atoms with Gasteiger partial charge in [0.15, 0.2) is 12.4 Å². The number of carbonyl (C=O) groups excluding carboxylic acids is 1. The molecule has 0 atom stereocenters. The number of hydrogen-bond acceptors (Lipinski definition) is 2. The minimum Gasteiger partial charge on any atom is -0.391 e. The van der Waals surface area contributed by atoms with Crippen molar-refractivity contribution in [1.82, 2.24) is 0 Å². The lowest BCUT2D eigenvalue weighted by Gasteiger charge is -2.00. The Balaban J connectivity index is 2.13. The third-order valence-electron chi connectivity index (χ3n) is 2.59. The lowest BCUT2D eigenvalue weighted by Crippen LogP contribution is -2.37. The summed E-state index contributed by atoms with van der Waals surface area (Å²) < 4.78 is 2.73. The molecule has 0 saturated carbocycles. The summed E-state index contributed by atoms with van der Waals surface area (Å²) in [4.78, 5) is 12.0. The number of aliphatic hydroxyl groups excluding tert-OH is 1. The molecule has 0 amide bonds. The molecule has 18 heavy (non-hydrogen) atoms. The molecular formula is C14H13BrNO2+. The van der Waals surface area contributed by atoms with Crippen LogP contribution in [0.15, 0.2) is 53.3 Å². The van der Waals surface area contributed by atoms with Crippen molar-refractivity contribution < 1.29 is 14.5 Å². The molecule has 1 N–H and O–H groups in total. The van der Waals surface area contributed by atoms with Gasteiger partial charge in [0.05, 0.1) is 6.61 Å². The van der Waals surface area contributed by atoms with Gasteiger partial charge in [-0.05, 0) is 18.2 Å². The summed E-state index contributed by atoms with van der Waals surface area (Å²) in [5.74, 6) is 0.0441. The molecule has 1 aromatic heterocycles. The molecule has 4 heteroatoms. The maximum absolute atomic E-state index is 12.0. The van der Waals surface area contributed by atoms with Crippen LogP contribution in [0.4, 0.5) is 0 Å². The molecule has 92 valence electrons. The Morgan fingerprint density at radius 1 is 1.22 bits per heavy atom. The maximum atomic E-state index is 12.0. The first kappa shape index (κ1) is 12.9. The van der Waals surface area contributed by atoms with E-state index in [4.69, 9.17) is 5.11 Å². The molecule has 0 aliphatic carbocycles. The summed E-state index contributed by atoms with van der Waals surface area (Å²) in [5, 5.41) is 9.04. The van der Waals surface area contributed by atoms with Gasteiger partial charge in [-0.15, -0.1) is 0 Å². The molecule has 2 rings (SSSR count). The van der Waals surface area contributed by atoms with Gasteiger partial charge in [-0.1, -0.05) is 28.1 Å². The van der Waals surface area contributed by atoms with Crippen LogP contribution < -0.4 is 4.57 Å². The van der Waals surface area contributed by atoms with Crippen LogP contribution in [0.5, 0.6) is 0 Å². The molecule has 1 heterocycles. The highest BCUT2D eigenvalue weighted by Crippen LogP contribution is 2.10. The van der Waals surface area contributed by atoms with Gasteiger partial charge < -0.3 is 5.11 Å². The summed E-state index contributed by atoms with van der Waals surface area (Å²) in [6.45, 7) is 0.253. The average Bonchev–Trinajstić information content (AvgIpc) is 2.39. The standard InChI is InChI=1S/C14H13BrNO2/c15-13-5-3-12(4-6-13)14(18)9-16-7-1-2-11(8-16)10-17/h1-8,17H,9-10H2/q+1. The van der Waals surface area contributed by atoms with E-state index in [1.807, 2.05) is 30.5 Å². The number of rotatable bonds is 4. The third kappa shape index (κ3) is 3.24. The Bertz CT molecular complexity index is 552. The van der Waals surface area contributed by atoms with E-state index in [0.717, 1.165) is 10.0 Å². The van der Waals surface area contributed by atoms with Gasteiger partial charge in [0.1, 0.15) is 0 Å². The third-order valence-corrected chi connectivity index (χ3v) is 3.12. The molecule has 0 aliphatic rings. The lowest BCUT2D eigenvalue weighted by atomic mass is 10.1. The van der Waals surface area contributed by atoms with Gasteiger partial charge in [0, 0.05) is 21.7 Å². The van der Waals surface area contributed by atoms with Crippen LogP contribution in [-0.4, -0.2) is 10.9 Å². The lowest BCUT2D eigenvalue weighted by molar-refractivity contribution is -0.683. The molecule has 0 aliphatic heterocycles. The van der Waals surface area contributed by atoms with E-state index in [0.29, 0.717) is 5.56 Å². The second-order valence-electron chi connectivity index (χ2n) is 3.97. The molecular weight excluding hydrogens is 294 g/mol. The summed E-state index contributed by atoms with van der Waals surface area (Å²) in [7, 11) is 0. The predicted octanol–water partition coefficient (Wildman–Crippen LogP) is 2.11. The Morgan fingerprint density at radius 3 is 2.61 bits per heavy atom. The summed E-state index contributed by atoms with van der Waals surface area (Å²) in [6.07, 6.45) is 3.59. The van der Waals surface area contributed by atoms with Gasteiger partial charge in [-0.25, -0.2) is 0 Å². The van der Waals surface area contributed by atoms with Crippen LogP contribution in [0.3, 0.4) is 0 Å². The number of aromatic nitrogens is 1. The van der Waals surface area contributed by atoms with Crippen LogP contribution in [0.2, 0.25) is 0 Å². The van der Waals surface area contributed by atoms with Crippen molar-refractivity contribution >= 4 is 21.7 Å². The van der Waals surface area contributed by atoms with E-state index >= 15 is 0 Å². The van der Waals surface area contributed by atoms with Crippen LogP contribution in [0.1, 0.15) is 15.9 Å². The van der Waals surface area contributed by atoms with Crippen molar-refractivity contribution in [3.05, 3.63) is 64.4 Å². The first-order chi connectivity index (χ1) is 8.69. The highest BCUT2D eigenvalue weighted by molar-refractivity contribution is 9.10. The van der Waals surface area contributed by atoms with Gasteiger partial charge in [-0.2, -0.15) is 4.57 Å². The summed E-state index contributed by atoms with van der Waals surface area (Å²) in [5.41, 5.74) is 1.47. The first-order valence-corrected chi connectivity index (χ1v) is 6.36. The van der Waals surface area contributed by atoms with Crippen molar-refractivity contribution in [3.8, 4) is 0 Å². The van der Waals surface area contributed by atoms with Crippen molar-refractivity contribution in [2.24, 2.45) is 0 Å². The average molecular weight is 307 g/mol. The number of halogens is 1. The molecule has 2 aromatic rings. The topological polar surface area (TPSA) is 41.2 Å². The number of hydrogen-bond donors (Lipinski definition) is 1. The van der Waals surface area contributed by atoms with Crippen LogP contribution >= 0.6 is 15.9 Å². The Labute approximate surface area is 114 Å². The predicted molar refractivity (Wildman–Crippen MR) is 71.0 cm³/mol. The molecule has 0 radical (unpaired) electrons. The van der Waals surface area contributed by atoms with E-state index in [1.54, 1.807) is 22.9 Å². The second-order valence-corrected chi connectivity index (χ2v) is 4.89. The monoisotopic (exact) mass is 306 g/mol. The largest absolute Gasteiger partial charge is 0.391 e. The second kappa shape index (κ2) is 5.89. The fourth-order valence-electron chi connectivity index (χ4n) is 1.66. The number of pyridine rings is 1. The minimum absolute atomic E-state index is 0.0205. The summed E-state index contributed by atoms with van der Waals surface area (Å²) >= 11 is 3.34. The van der Waals surface area contributed by atoms with E-state index in [2.05, 4.69) is 15.9 Å². The van der Waals surface area contributed by atoms with Crippen LogP contribution in [0.25, 0.3) is 0 Å². The molecule has 1 aromatic carbocycles. The number of nitrogens with zero attached hydrogens (tertiary/aromatic N) is 1. The summed E-state index contributed by atoms with van der Waals surface area (Å²) in [6, 6.07) is 10.9. The van der Waals surface area contributed by atoms with Crippen molar-refractivity contribution in [2.45, 2.75) is 13.2 Å². The normalized spacial score (nSPS) is 10.3. The van der Waals surface area contributed by atoms with Crippen molar-refractivity contribution in [3.63, 3.8) is 0 Å². The number of Topliss-reactive ketones (excluding diaryl/α,β-unsaturated/α-hetero) is 1. The zero-order valence-corrected chi connectivity index (χ0v) is 11.3. The van der Waals surface area contributed by atoms with Crippen LogP contribution in [0, 0.1) is 0 Å². The zero-order valence-electron chi connectivity index (χ0n) is 9.71. The molecule has 0 fully saturated rings. The number of ketones is 1. The fourth-order valence-corrected chi connectivity index (χ4v) is 1.93. The Kier molecular flexibility index (Phi) is 4.23. The van der Waals surface area contributed by atoms with Crippen molar-refractivity contribution in [2.75, 3.05) is 0 Å².